The van der Waals surface area contributed by atoms with Crippen LogP contribution in [0.15, 0.2) is 24.3 Å². The van der Waals surface area contributed by atoms with Gasteiger partial charge in [-0.1, -0.05) is 12.1 Å². The van der Waals surface area contributed by atoms with Crippen LogP contribution >= 0.6 is 11.8 Å². The average Bonchev–Trinajstić information content (AvgIpc) is 2.40. The van der Waals surface area contributed by atoms with Gasteiger partial charge in [0.15, 0.2) is 0 Å². The zero-order valence-corrected chi connectivity index (χ0v) is 10.6. The Morgan fingerprint density at radius 2 is 2.11 bits per heavy atom. The third-order valence-corrected chi connectivity index (χ3v) is 3.98. The van der Waals surface area contributed by atoms with Crippen molar-refractivity contribution in [2.45, 2.75) is 18.4 Å². The number of aldehydes is 1. The first-order chi connectivity index (χ1) is 8.66. The maximum absolute atomic E-state index is 11.4. The minimum atomic E-state index is -1.15. The Morgan fingerprint density at radius 1 is 1.39 bits per heavy atom. The fourth-order valence-corrected chi connectivity index (χ4v) is 3.09. The minimum Gasteiger partial charge on any atom is -0.478 e. The van der Waals surface area contributed by atoms with Crippen molar-refractivity contribution in [1.82, 2.24) is 0 Å². The second-order valence-electron chi connectivity index (χ2n) is 4.20. The number of carbonyl (C=O) groups is 2. The van der Waals surface area contributed by atoms with Crippen LogP contribution in [0.5, 0.6) is 5.75 Å². The molecule has 0 unspecified atom stereocenters. The fourth-order valence-electron chi connectivity index (χ4n) is 1.94. The van der Waals surface area contributed by atoms with Gasteiger partial charge in [0.2, 0.25) is 5.60 Å². The standard InChI is InChI=1S/C13H14O4S/c14-9-10-2-1-3-11(8-10)17-13(12(15)16)4-6-18-7-5-13/h1-3,8-9H,4-7H2,(H,15,16). The molecule has 5 heteroatoms. The van der Waals surface area contributed by atoms with Crippen LogP contribution in [-0.4, -0.2) is 34.5 Å². The topological polar surface area (TPSA) is 63.6 Å². The van der Waals surface area contributed by atoms with E-state index in [1.165, 1.54) is 0 Å². The molecule has 1 aliphatic heterocycles. The first-order valence-electron chi connectivity index (χ1n) is 5.72. The number of rotatable bonds is 4. The lowest BCUT2D eigenvalue weighted by Crippen LogP contribution is -2.47. The molecule has 4 nitrogen and oxygen atoms in total. The summed E-state index contributed by atoms with van der Waals surface area (Å²) in [6, 6.07) is 6.59. The lowest BCUT2D eigenvalue weighted by molar-refractivity contribution is -0.156. The van der Waals surface area contributed by atoms with Gasteiger partial charge < -0.3 is 9.84 Å². The van der Waals surface area contributed by atoms with Crippen LogP contribution < -0.4 is 4.74 Å². The molecule has 0 amide bonds. The molecular weight excluding hydrogens is 252 g/mol. The van der Waals surface area contributed by atoms with E-state index in [1.807, 2.05) is 0 Å². The van der Waals surface area contributed by atoms with Gasteiger partial charge in [0.25, 0.3) is 0 Å². The van der Waals surface area contributed by atoms with Crippen molar-refractivity contribution in [2.24, 2.45) is 0 Å². The summed E-state index contributed by atoms with van der Waals surface area (Å²) in [5.41, 5.74) is -0.662. The number of hydrogen-bond acceptors (Lipinski definition) is 4. The molecule has 1 aromatic rings. The van der Waals surface area contributed by atoms with E-state index in [-0.39, 0.29) is 0 Å². The molecule has 0 aliphatic carbocycles. The van der Waals surface area contributed by atoms with Crippen molar-refractivity contribution in [3.63, 3.8) is 0 Å². The van der Waals surface area contributed by atoms with E-state index >= 15 is 0 Å². The zero-order valence-electron chi connectivity index (χ0n) is 9.80. The SMILES string of the molecule is O=Cc1cccc(OC2(C(=O)O)CCSCC2)c1. The van der Waals surface area contributed by atoms with Gasteiger partial charge in [0, 0.05) is 18.4 Å². The predicted octanol–water partition coefficient (Wildman–Crippen LogP) is 2.23. The molecule has 0 aromatic heterocycles. The molecule has 1 saturated heterocycles. The lowest BCUT2D eigenvalue weighted by Gasteiger charge is -2.33. The molecule has 0 radical (unpaired) electrons. The molecule has 1 aliphatic rings. The molecule has 2 rings (SSSR count). The van der Waals surface area contributed by atoms with Crippen LogP contribution in [0.25, 0.3) is 0 Å². The first-order valence-corrected chi connectivity index (χ1v) is 6.87. The molecule has 18 heavy (non-hydrogen) atoms. The van der Waals surface area contributed by atoms with Crippen LogP contribution in [0.2, 0.25) is 0 Å². The van der Waals surface area contributed by atoms with Gasteiger partial charge in [-0.05, 0) is 23.6 Å². The smallest absolute Gasteiger partial charge is 0.348 e. The van der Waals surface area contributed by atoms with Gasteiger partial charge in [0.1, 0.15) is 12.0 Å². The number of carboxylic acids is 1. The maximum atomic E-state index is 11.4. The second-order valence-corrected chi connectivity index (χ2v) is 5.43. The number of carboxylic acid groups (broad SMARTS) is 1. The molecule has 1 heterocycles. The molecule has 0 saturated carbocycles. The lowest BCUT2D eigenvalue weighted by atomic mass is 9.96. The molecule has 0 atom stereocenters. The summed E-state index contributed by atoms with van der Waals surface area (Å²) in [6.07, 6.45) is 1.69. The van der Waals surface area contributed by atoms with Crippen LogP contribution in [-0.2, 0) is 4.79 Å². The van der Waals surface area contributed by atoms with Gasteiger partial charge in [-0.25, -0.2) is 4.79 Å². The largest absolute Gasteiger partial charge is 0.478 e. The Morgan fingerprint density at radius 3 is 2.72 bits per heavy atom. The van der Waals surface area contributed by atoms with Crippen molar-refractivity contribution < 1.29 is 19.4 Å². The van der Waals surface area contributed by atoms with Crippen molar-refractivity contribution in [1.29, 1.82) is 0 Å². The van der Waals surface area contributed by atoms with Gasteiger partial charge in [0.05, 0.1) is 0 Å². The number of ether oxygens (including phenoxy) is 1. The van der Waals surface area contributed by atoms with Crippen molar-refractivity contribution >= 4 is 24.0 Å². The Bertz CT molecular complexity index is 452. The molecule has 0 bridgehead atoms. The quantitative estimate of drug-likeness (QED) is 0.847. The first kappa shape index (κ1) is 13.0. The third kappa shape index (κ3) is 2.67. The van der Waals surface area contributed by atoms with Gasteiger partial charge in [-0.2, -0.15) is 11.8 Å². The van der Waals surface area contributed by atoms with E-state index in [0.717, 1.165) is 17.8 Å². The average molecular weight is 266 g/mol. The summed E-state index contributed by atoms with van der Waals surface area (Å²) in [6.45, 7) is 0. The van der Waals surface area contributed by atoms with Gasteiger partial charge in [-0.15, -0.1) is 0 Å². The maximum Gasteiger partial charge on any atom is 0.348 e. The monoisotopic (exact) mass is 266 g/mol. The summed E-state index contributed by atoms with van der Waals surface area (Å²) in [5.74, 6) is 1.06. The van der Waals surface area contributed by atoms with Crippen molar-refractivity contribution in [3.8, 4) is 5.75 Å². The number of aliphatic carboxylic acids is 1. The number of hydrogen-bond donors (Lipinski definition) is 1. The van der Waals surface area contributed by atoms with E-state index in [0.29, 0.717) is 24.2 Å². The van der Waals surface area contributed by atoms with Crippen LogP contribution in [0, 0.1) is 0 Å². The van der Waals surface area contributed by atoms with E-state index in [9.17, 15) is 14.7 Å². The Hall–Kier alpha value is -1.49. The number of carbonyl (C=O) groups excluding carboxylic acids is 1. The van der Waals surface area contributed by atoms with Gasteiger partial charge >= 0.3 is 5.97 Å². The molecule has 96 valence electrons. The minimum absolute atomic E-state index is 0.439. The fraction of sp³-hybridized carbons (Fsp3) is 0.385. The van der Waals surface area contributed by atoms with Crippen molar-refractivity contribution in [3.05, 3.63) is 29.8 Å². The second kappa shape index (κ2) is 5.44. The summed E-state index contributed by atoms with van der Waals surface area (Å²) in [7, 11) is 0. The van der Waals surface area contributed by atoms with Crippen LogP contribution in [0.4, 0.5) is 0 Å². The van der Waals surface area contributed by atoms with E-state index in [1.54, 1.807) is 36.0 Å². The molecular formula is C13H14O4S. The highest BCUT2D eigenvalue weighted by Crippen LogP contribution is 2.32. The highest BCUT2D eigenvalue weighted by atomic mass is 32.2. The Kier molecular flexibility index (Phi) is 3.91. The Balaban J connectivity index is 2.22. The van der Waals surface area contributed by atoms with E-state index in [2.05, 4.69) is 0 Å². The number of thioether (sulfide) groups is 1. The molecule has 1 N–H and O–H groups in total. The Labute approximate surface area is 109 Å². The van der Waals surface area contributed by atoms with Crippen LogP contribution in [0.1, 0.15) is 23.2 Å². The van der Waals surface area contributed by atoms with Crippen LogP contribution in [0.3, 0.4) is 0 Å². The zero-order chi connectivity index (χ0) is 13.0. The number of benzene rings is 1. The predicted molar refractivity (Wildman–Crippen MR) is 69.4 cm³/mol. The summed E-state index contributed by atoms with van der Waals surface area (Å²) in [5, 5.41) is 9.37. The summed E-state index contributed by atoms with van der Waals surface area (Å²) < 4.78 is 5.68. The van der Waals surface area contributed by atoms with E-state index in [4.69, 9.17) is 4.74 Å². The molecule has 1 aromatic carbocycles. The molecule has 0 spiro atoms. The summed E-state index contributed by atoms with van der Waals surface area (Å²) >= 11 is 1.73. The van der Waals surface area contributed by atoms with E-state index < -0.39 is 11.6 Å². The summed E-state index contributed by atoms with van der Waals surface area (Å²) in [4.78, 5) is 22.1. The highest BCUT2D eigenvalue weighted by Gasteiger charge is 2.42. The van der Waals surface area contributed by atoms with Gasteiger partial charge in [-0.3, -0.25) is 4.79 Å². The highest BCUT2D eigenvalue weighted by molar-refractivity contribution is 7.99. The third-order valence-electron chi connectivity index (χ3n) is 3.00. The normalized spacial score (nSPS) is 18.0. The molecule has 1 fully saturated rings. The van der Waals surface area contributed by atoms with Crippen molar-refractivity contribution in [2.75, 3.05) is 11.5 Å².